The van der Waals surface area contributed by atoms with E-state index < -0.39 is 16.4 Å². The van der Waals surface area contributed by atoms with Crippen LogP contribution in [0.2, 0.25) is 0 Å². The Morgan fingerprint density at radius 1 is 1.29 bits per heavy atom. The Kier molecular flexibility index (Phi) is 5.35. The zero-order valence-electron chi connectivity index (χ0n) is 13.2. The first kappa shape index (κ1) is 17.3. The van der Waals surface area contributed by atoms with Crippen molar-refractivity contribution in [3.05, 3.63) is 58.4 Å². The molecule has 1 amide bonds. The van der Waals surface area contributed by atoms with E-state index in [0.717, 1.165) is 6.07 Å². The quantitative estimate of drug-likeness (QED) is 0.590. The number of halogens is 1. The molecule has 0 saturated heterocycles. The largest absolute Gasteiger partial charge is 0.367 e. The van der Waals surface area contributed by atoms with Crippen LogP contribution in [0.4, 0.5) is 15.8 Å². The Morgan fingerprint density at radius 2 is 2.04 bits per heavy atom. The fraction of sp³-hybridized carbons (Fsp3) is 0.267. The molecule has 1 aromatic carbocycles. The predicted molar refractivity (Wildman–Crippen MR) is 85.3 cm³/mol. The zero-order chi connectivity index (χ0) is 17.7. The second-order valence-corrected chi connectivity index (χ2v) is 5.11. The number of hydrogen-bond acceptors (Lipinski definition) is 6. The van der Waals surface area contributed by atoms with Gasteiger partial charge in [-0.05, 0) is 18.2 Å². The number of nitrogens with zero attached hydrogens (tertiary/aromatic N) is 5. The number of amides is 1. The normalized spacial score (nSPS) is 10.3. The van der Waals surface area contributed by atoms with E-state index in [0.29, 0.717) is 0 Å². The molecule has 8 nitrogen and oxygen atoms in total. The van der Waals surface area contributed by atoms with Gasteiger partial charge in [0.1, 0.15) is 17.7 Å². The number of carbonyl (C=O) groups excluding carboxylic acids is 1. The summed E-state index contributed by atoms with van der Waals surface area (Å²) in [7, 11) is 3.20. The molecule has 24 heavy (non-hydrogen) atoms. The van der Waals surface area contributed by atoms with E-state index in [-0.39, 0.29) is 30.4 Å². The summed E-state index contributed by atoms with van der Waals surface area (Å²) in [5.74, 6) is -1.19. The van der Waals surface area contributed by atoms with Gasteiger partial charge in [0.25, 0.3) is 5.91 Å². The Hall–Kier alpha value is -3.10. The summed E-state index contributed by atoms with van der Waals surface area (Å²) in [6, 6.07) is 5.41. The van der Waals surface area contributed by atoms with Crippen LogP contribution in [0.3, 0.4) is 0 Å². The summed E-state index contributed by atoms with van der Waals surface area (Å²) in [4.78, 5) is 33.0. The Morgan fingerprint density at radius 3 is 2.67 bits per heavy atom. The van der Waals surface area contributed by atoms with Crippen molar-refractivity contribution in [2.24, 2.45) is 0 Å². The van der Waals surface area contributed by atoms with Crippen LogP contribution in [-0.2, 0) is 0 Å². The van der Waals surface area contributed by atoms with Crippen LogP contribution in [0.1, 0.15) is 10.5 Å². The van der Waals surface area contributed by atoms with E-state index >= 15 is 0 Å². The minimum atomic E-state index is -0.894. The smallest absolute Gasteiger partial charge is 0.327 e. The van der Waals surface area contributed by atoms with Crippen LogP contribution in [0, 0.1) is 15.9 Å². The molecule has 2 rings (SSSR count). The van der Waals surface area contributed by atoms with Gasteiger partial charge >= 0.3 is 5.69 Å². The average Bonchev–Trinajstić information content (AvgIpc) is 2.58. The molecule has 0 aliphatic carbocycles. The molecule has 0 atom stereocenters. The SMILES string of the molecule is CN(CCN(C)c1cccc(F)c1[N+](=O)[O-])C(=O)c1ccncn1. The number of para-hydroxylation sites is 1. The molecule has 9 heteroatoms. The van der Waals surface area contributed by atoms with Crippen molar-refractivity contribution in [1.82, 2.24) is 14.9 Å². The molecule has 126 valence electrons. The molecule has 0 radical (unpaired) electrons. The van der Waals surface area contributed by atoms with Crippen LogP contribution >= 0.6 is 0 Å². The third-order valence-electron chi connectivity index (χ3n) is 3.48. The lowest BCUT2D eigenvalue weighted by Gasteiger charge is -2.23. The maximum absolute atomic E-state index is 13.7. The molecule has 1 heterocycles. The average molecular weight is 333 g/mol. The van der Waals surface area contributed by atoms with Gasteiger partial charge in [0.2, 0.25) is 5.82 Å². The summed E-state index contributed by atoms with van der Waals surface area (Å²) >= 11 is 0. The molecular weight excluding hydrogens is 317 g/mol. The first-order valence-electron chi connectivity index (χ1n) is 7.07. The van der Waals surface area contributed by atoms with E-state index in [2.05, 4.69) is 9.97 Å². The number of anilines is 1. The number of benzene rings is 1. The number of hydrogen-bond donors (Lipinski definition) is 0. The topological polar surface area (TPSA) is 92.5 Å². The second kappa shape index (κ2) is 7.44. The van der Waals surface area contributed by atoms with Crippen LogP contribution in [0.15, 0.2) is 36.8 Å². The summed E-state index contributed by atoms with van der Waals surface area (Å²) in [6.45, 7) is 0.574. The third-order valence-corrected chi connectivity index (χ3v) is 3.48. The van der Waals surface area contributed by atoms with Crippen LogP contribution in [0.5, 0.6) is 0 Å². The van der Waals surface area contributed by atoms with Crippen LogP contribution < -0.4 is 4.90 Å². The van der Waals surface area contributed by atoms with Crippen molar-refractivity contribution in [2.45, 2.75) is 0 Å². The molecule has 2 aromatic rings. The molecular formula is C15H16FN5O3. The number of nitro groups is 1. The zero-order valence-corrected chi connectivity index (χ0v) is 13.2. The molecule has 0 spiro atoms. The molecule has 0 aliphatic heterocycles. The van der Waals surface area contributed by atoms with E-state index in [4.69, 9.17) is 0 Å². The van der Waals surface area contributed by atoms with Crippen molar-refractivity contribution in [3.8, 4) is 0 Å². The summed E-state index contributed by atoms with van der Waals surface area (Å²) in [5.41, 5.74) is -0.167. The Labute approximate surface area is 137 Å². The lowest BCUT2D eigenvalue weighted by Crippen LogP contribution is -2.35. The van der Waals surface area contributed by atoms with Gasteiger partial charge in [-0.2, -0.15) is 4.39 Å². The van der Waals surface area contributed by atoms with Gasteiger partial charge in [0, 0.05) is 33.4 Å². The van der Waals surface area contributed by atoms with Gasteiger partial charge in [0.05, 0.1) is 4.92 Å². The minimum absolute atomic E-state index is 0.155. The summed E-state index contributed by atoms with van der Waals surface area (Å²) in [5, 5.41) is 11.0. The predicted octanol–water partition coefficient (Wildman–Crippen LogP) is 1.73. The van der Waals surface area contributed by atoms with E-state index in [1.54, 1.807) is 14.1 Å². The lowest BCUT2D eigenvalue weighted by atomic mass is 10.2. The summed E-state index contributed by atoms with van der Waals surface area (Å²) < 4.78 is 13.7. The highest BCUT2D eigenvalue weighted by atomic mass is 19.1. The maximum atomic E-state index is 13.7. The van der Waals surface area contributed by atoms with E-state index in [1.165, 1.54) is 40.5 Å². The highest BCUT2D eigenvalue weighted by molar-refractivity contribution is 5.91. The lowest BCUT2D eigenvalue weighted by molar-refractivity contribution is -0.386. The van der Waals surface area contributed by atoms with Crippen molar-refractivity contribution in [1.29, 1.82) is 0 Å². The van der Waals surface area contributed by atoms with Crippen molar-refractivity contribution in [3.63, 3.8) is 0 Å². The Bertz CT molecular complexity index is 741. The molecule has 0 saturated carbocycles. The number of likely N-dealkylation sites (N-methyl/N-ethyl adjacent to an activating group) is 2. The summed E-state index contributed by atoms with van der Waals surface area (Å²) in [6.07, 6.45) is 2.75. The first-order valence-corrected chi connectivity index (χ1v) is 7.07. The second-order valence-electron chi connectivity index (χ2n) is 5.11. The Balaban J connectivity index is 2.06. The fourth-order valence-corrected chi connectivity index (χ4v) is 2.13. The third kappa shape index (κ3) is 3.80. The monoisotopic (exact) mass is 333 g/mol. The maximum Gasteiger partial charge on any atom is 0.327 e. The van der Waals surface area contributed by atoms with Gasteiger partial charge in [0.15, 0.2) is 0 Å². The number of carbonyl (C=O) groups is 1. The minimum Gasteiger partial charge on any atom is -0.367 e. The van der Waals surface area contributed by atoms with Crippen molar-refractivity contribution < 1.29 is 14.1 Å². The highest BCUT2D eigenvalue weighted by Crippen LogP contribution is 2.29. The van der Waals surface area contributed by atoms with Crippen LogP contribution in [0.25, 0.3) is 0 Å². The highest BCUT2D eigenvalue weighted by Gasteiger charge is 2.23. The molecule has 1 aromatic heterocycles. The van der Waals surface area contributed by atoms with Crippen molar-refractivity contribution >= 4 is 17.3 Å². The van der Waals surface area contributed by atoms with Crippen LogP contribution in [-0.4, -0.2) is 52.9 Å². The number of nitro benzene ring substituents is 1. The molecule has 0 bridgehead atoms. The van der Waals surface area contributed by atoms with E-state index in [1.807, 2.05) is 0 Å². The van der Waals surface area contributed by atoms with Crippen molar-refractivity contribution in [2.75, 3.05) is 32.1 Å². The van der Waals surface area contributed by atoms with Gasteiger partial charge in [-0.1, -0.05) is 6.07 Å². The van der Waals surface area contributed by atoms with Gasteiger partial charge in [-0.25, -0.2) is 9.97 Å². The number of rotatable bonds is 6. The van der Waals surface area contributed by atoms with E-state index in [9.17, 15) is 19.3 Å². The van der Waals surface area contributed by atoms with Gasteiger partial charge in [-0.15, -0.1) is 0 Å². The molecule has 0 aliphatic rings. The molecule has 0 unspecified atom stereocenters. The molecule has 0 fully saturated rings. The van der Waals surface area contributed by atoms with Gasteiger partial charge in [-0.3, -0.25) is 14.9 Å². The first-order chi connectivity index (χ1) is 11.4. The fourth-order valence-electron chi connectivity index (χ4n) is 2.13. The standard InChI is InChI=1S/C15H16FN5O3/c1-19(13-5-3-4-11(16)14(13)21(23)24)8-9-20(2)15(22)12-6-7-17-10-18-12/h3-7,10H,8-9H2,1-2H3. The molecule has 0 N–H and O–H groups in total. The van der Waals surface area contributed by atoms with Gasteiger partial charge < -0.3 is 9.80 Å². The number of aromatic nitrogens is 2.